The zero-order valence-corrected chi connectivity index (χ0v) is 9.49. The molecule has 0 aromatic rings. The van der Waals surface area contributed by atoms with Gasteiger partial charge in [-0.2, -0.15) is 0 Å². The molecule has 2 nitrogen and oxygen atoms in total. The Labute approximate surface area is 87.4 Å². The molecule has 0 bridgehead atoms. The van der Waals surface area contributed by atoms with Gasteiger partial charge < -0.3 is 9.59 Å². The predicted molar refractivity (Wildman–Crippen MR) is 59.3 cm³/mol. The van der Waals surface area contributed by atoms with E-state index in [4.69, 9.17) is 0 Å². The maximum Gasteiger partial charge on any atom is 0.0795 e. The lowest BCUT2D eigenvalue weighted by Crippen LogP contribution is -2.50. The van der Waals surface area contributed by atoms with E-state index in [1.807, 2.05) is 0 Å². The number of quaternary nitrogens is 1. The van der Waals surface area contributed by atoms with Crippen molar-refractivity contribution in [1.29, 1.82) is 0 Å². The lowest BCUT2D eigenvalue weighted by atomic mass is 10.3. The molecule has 0 aromatic carbocycles. The number of rotatable bonds is 6. The van der Waals surface area contributed by atoms with Gasteiger partial charge in [-0.25, -0.2) is 0 Å². The first kappa shape index (κ1) is 13.0. The van der Waals surface area contributed by atoms with Crippen molar-refractivity contribution in [3.05, 3.63) is 36.8 Å². The van der Waals surface area contributed by atoms with Gasteiger partial charge in [-0.05, 0) is 26.8 Å². The van der Waals surface area contributed by atoms with Gasteiger partial charge in [0.05, 0.1) is 25.5 Å². The summed E-state index contributed by atoms with van der Waals surface area (Å²) in [6.07, 6.45) is 6.83. The van der Waals surface area contributed by atoms with Crippen LogP contribution in [0.2, 0.25) is 0 Å². The minimum Gasteiger partial charge on any atom is -0.831 e. The standard InChI is InChI=1S/C12H21NO/c1-5-9-10-11-12(14)13(6-2,7-3)8-4/h5,9-11H,1,6-8H2,2-4H3/b10-9+,12-11-. The first-order valence-corrected chi connectivity index (χ1v) is 5.19. The van der Waals surface area contributed by atoms with Gasteiger partial charge >= 0.3 is 0 Å². The monoisotopic (exact) mass is 195 g/mol. The van der Waals surface area contributed by atoms with Gasteiger partial charge in [0.1, 0.15) is 0 Å². The molecule has 0 aliphatic heterocycles. The normalized spacial score (nSPS) is 13.5. The Morgan fingerprint density at radius 3 is 2.00 bits per heavy atom. The van der Waals surface area contributed by atoms with E-state index in [2.05, 4.69) is 27.4 Å². The van der Waals surface area contributed by atoms with Crippen LogP contribution < -0.4 is 5.11 Å². The van der Waals surface area contributed by atoms with E-state index < -0.39 is 0 Å². The van der Waals surface area contributed by atoms with E-state index in [1.165, 1.54) is 0 Å². The third-order valence-electron chi connectivity index (χ3n) is 2.77. The highest BCUT2D eigenvalue weighted by Gasteiger charge is 2.19. The second-order valence-corrected chi connectivity index (χ2v) is 3.22. The van der Waals surface area contributed by atoms with Crippen molar-refractivity contribution in [3.8, 4) is 0 Å². The highest BCUT2D eigenvalue weighted by molar-refractivity contribution is 5.08. The van der Waals surface area contributed by atoms with Crippen molar-refractivity contribution in [2.24, 2.45) is 0 Å². The summed E-state index contributed by atoms with van der Waals surface area (Å²) < 4.78 is 0.529. The van der Waals surface area contributed by atoms with Crippen molar-refractivity contribution >= 4 is 0 Å². The summed E-state index contributed by atoms with van der Waals surface area (Å²) in [6, 6.07) is 0. The highest BCUT2D eigenvalue weighted by Crippen LogP contribution is 2.12. The summed E-state index contributed by atoms with van der Waals surface area (Å²) in [5.41, 5.74) is 0. The third-order valence-corrected chi connectivity index (χ3v) is 2.77. The van der Waals surface area contributed by atoms with E-state index in [1.54, 1.807) is 24.3 Å². The van der Waals surface area contributed by atoms with Gasteiger partial charge in [-0.15, -0.1) is 0 Å². The molecule has 0 saturated heterocycles. The molecule has 14 heavy (non-hydrogen) atoms. The van der Waals surface area contributed by atoms with Gasteiger partial charge in [0.25, 0.3) is 0 Å². The first-order chi connectivity index (χ1) is 6.66. The molecule has 0 fully saturated rings. The summed E-state index contributed by atoms with van der Waals surface area (Å²) in [5, 5.41) is 11.9. The van der Waals surface area contributed by atoms with Crippen LogP contribution in [0.4, 0.5) is 0 Å². The van der Waals surface area contributed by atoms with Crippen molar-refractivity contribution in [1.82, 2.24) is 0 Å². The molecule has 0 aliphatic carbocycles. The summed E-state index contributed by atoms with van der Waals surface area (Å²) >= 11 is 0. The molecule has 0 N–H and O–H groups in total. The average molecular weight is 195 g/mol. The SMILES string of the molecule is C=C/C=C/C=C(\[O-])[N+](CC)(CC)CC. The fourth-order valence-electron chi connectivity index (χ4n) is 1.51. The number of nitrogens with zero attached hydrogens (tertiary/aromatic N) is 1. The second kappa shape index (κ2) is 6.44. The summed E-state index contributed by atoms with van der Waals surface area (Å²) in [7, 11) is 0. The van der Waals surface area contributed by atoms with Crippen molar-refractivity contribution in [2.75, 3.05) is 19.6 Å². The predicted octanol–water partition coefficient (Wildman–Crippen LogP) is 1.81. The Morgan fingerprint density at radius 1 is 1.14 bits per heavy atom. The Bertz CT molecular complexity index is 216. The number of hydrogen-bond acceptors (Lipinski definition) is 1. The van der Waals surface area contributed by atoms with Gasteiger partial charge in [-0.1, -0.05) is 24.8 Å². The van der Waals surface area contributed by atoms with Gasteiger partial charge in [0.15, 0.2) is 0 Å². The van der Waals surface area contributed by atoms with Crippen LogP contribution in [0.5, 0.6) is 0 Å². The first-order valence-electron chi connectivity index (χ1n) is 5.19. The van der Waals surface area contributed by atoms with Gasteiger partial charge in [-0.3, -0.25) is 0 Å². The van der Waals surface area contributed by atoms with Crippen LogP contribution in [0, 0.1) is 0 Å². The van der Waals surface area contributed by atoms with E-state index in [0.29, 0.717) is 4.48 Å². The number of hydrogen-bond donors (Lipinski definition) is 0. The Balaban J connectivity index is 4.73. The molecule has 0 spiro atoms. The fourth-order valence-corrected chi connectivity index (χ4v) is 1.51. The van der Waals surface area contributed by atoms with Crippen LogP contribution in [0.3, 0.4) is 0 Å². The van der Waals surface area contributed by atoms with Crippen LogP contribution >= 0.6 is 0 Å². The van der Waals surface area contributed by atoms with Crippen LogP contribution in [0.25, 0.3) is 0 Å². The minimum atomic E-state index is 0.176. The molecular weight excluding hydrogens is 174 g/mol. The molecule has 0 heterocycles. The molecule has 0 amide bonds. The Kier molecular flexibility index (Phi) is 5.97. The summed E-state index contributed by atoms with van der Waals surface area (Å²) in [6.45, 7) is 12.3. The van der Waals surface area contributed by atoms with E-state index in [-0.39, 0.29) is 5.88 Å². The lowest BCUT2D eigenvalue weighted by molar-refractivity contribution is -0.930. The smallest absolute Gasteiger partial charge is 0.0795 e. The molecule has 0 aliphatic rings. The molecule has 0 saturated carbocycles. The molecule has 0 atom stereocenters. The van der Waals surface area contributed by atoms with Crippen LogP contribution in [0.1, 0.15) is 20.8 Å². The average Bonchev–Trinajstić information content (AvgIpc) is 2.22. The molecule has 0 radical (unpaired) electrons. The molecule has 0 rings (SSSR count). The third kappa shape index (κ3) is 3.04. The van der Waals surface area contributed by atoms with Crippen molar-refractivity contribution in [2.45, 2.75) is 20.8 Å². The zero-order valence-electron chi connectivity index (χ0n) is 9.49. The second-order valence-electron chi connectivity index (χ2n) is 3.22. The summed E-state index contributed by atoms with van der Waals surface area (Å²) in [4.78, 5) is 0. The maximum absolute atomic E-state index is 11.9. The van der Waals surface area contributed by atoms with Crippen molar-refractivity contribution < 1.29 is 9.59 Å². The fraction of sp³-hybridized carbons (Fsp3) is 0.500. The number of allylic oxidation sites excluding steroid dienone is 4. The summed E-state index contributed by atoms with van der Waals surface area (Å²) in [5.74, 6) is 0.176. The molecule has 0 aromatic heterocycles. The minimum absolute atomic E-state index is 0.176. The molecule has 0 unspecified atom stereocenters. The highest BCUT2D eigenvalue weighted by atomic mass is 16.3. The maximum atomic E-state index is 11.9. The van der Waals surface area contributed by atoms with E-state index in [0.717, 1.165) is 19.6 Å². The van der Waals surface area contributed by atoms with Gasteiger partial charge in [0, 0.05) is 0 Å². The molecular formula is C12H21NO. The molecule has 80 valence electrons. The van der Waals surface area contributed by atoms with E-state index >= 15 is 0 Å². The lowest BCUT2D eigenvalue weighted by Gasteiger charge is -2.40. The van der Waals surface area contributed by atoms with Crippen LogP contribution in [-0.2, 0) is 0 Å². The Hall–Kier alpha value is -1.02. The van der Waals surface area contributed by atoms with Gasteiger partial charge in [0.2, 0.25) is 0 Å². The Morgan fingerprint density at radius 2 is 1.64 bits per heavy atom. The molecule has 2 heteroatoms. The van der Waals surface area contributed by atoms with E-state index in [9.17, 15) is 5.11 Å². The zero-order chi connectivity index (χ0) is 11.0. The van der Waals surface area contributed by atoms with Crippen LogP contribution in [0.15, 0.2) is 36.8 Å². The van der Waals surface area contributed by atoms with Crippen molar-refractivity contribution in [3.63, 3.8) is 0 Å². The topological polar surface area (TPSA) is 23.1 Å². The largest absolute Gasteiger partial charge is 0.831 e. The van der Waals surface area contributed by atoms with Crippen LogP contribution in [-0.4, -0.2) is 24.1 Å². The quantitative estimate of drug-likeness (QED) is 0.360.